The summed E-state index contributed by atoms with van der Waals surface area (Å²) in [6.45, 7) is 3.36. The Morgan fingerprint density at radius 1 is 1.08 bits per heavy atom. The molecular formula is C19H18ClF2NO3. The predicted molar refractivity (Wildman–Crippen MR) is 95.5 cm³/mol. The molecule has 0 spiro atoms. The molecule has 26 heavy (non-hydrogen) atoms. The van der Waals surface area contributed by atoms with E-state index in [1.165, 1.54) is 0 Å². The number of halogens is 3. The minimum Gasteiger partial charge on any atom is -0.452 e. The van der Waals surface area contributed by atoms with E-state index in [1.807, 2.05) is 32.0 Å². The third-order valence-electron chi connectivity index (χ3n) is 3.83. The molecule has 0 aliphatic rings. The molecule has 2 aromatic rings. The number of benzene rings is 2. The number of ether oxygens (including phenoxy) is 1. The van der Waals surface area contributed by atoms with Gasteiger partial charge in [-0.05, 0) is 36.1 Å². The van der Waals surface area contributed by atoms with Gasteiger partial charge in [-0.2, -0.15) is 0 Å². The van der Waals surface area contributed by atoms with E-state index in [0.717, 1.165) is 24.0 Å². The lowest BCUT2D eigenvalue weighted by atomic mass is 10.0. The summed E-state index contributed by atoms with van der Waals surface area (Å²) in [7, 11) is 0. The van der Waals surface area contributed by atoms with E-state index in [9.17, 15) is 18.4 Å². The van der Waals surface area contributed by atoms with Gasteiger partial charge in [-0.3, -0.25) is 4.79 Å². The molecular weight excluding hydrogens is 364 g/mol. The highest BCUT2D eigenvalue weighted by Gasteiger charge is 2.18. The van der Waals surface area contributed by atoms with Gasteiger partial charge in [0.05, 0.1) is 10.6 Å². The number of carbonyl (C=O) groups is 2. The summed E-state index contributed by atoms with van der Waals surface area (Å²) in [4.78, 5) is 24.1. The topological polar surface area (TPSA) is 55.4 Å². The number of hydrogen-bond donors (Lipinski definition) is 1. The van der Waals surface area contributed by atoms with Crippen LogP contribution in [0.3, 0.4) is 0 Å². The van der Waals surface area contributed by atoms with Crippen LogP contribution in [0.1, 0.15) is 35.3 Å². The lowest BCUT2D eigenvalue weighted by Crippen LogP contribution is -2.22. The largest absolute Gasteiger partial charge is 0.452 e. The Hall–Kier alpha value is -2.47. The molecule has 0 saturated heterocycles. The quantitative estimate of drug-likeness (QED) is 0.590. The van der Waals surface area contributed by atoms with Crippen LogP contribution in [0.5, 0.6) is 0 Å². The van der Waals surface area contributed by atoms with Gasteiger partial charge in [0.15, 0.2) is 18.2 Å². The van der Waals surface area contributed by atoms with Gasteiger partial charge in [-0.15, -0.1) is 0 Å². The van der Waals surface area contributed by atoms with Crippen LogP contribution in [0.25, 0.3) is 0 Å². The number of nitrogens with one attached hydrogen (secondary N) is 1. The molecule has 0 fully saturated rings. The van der Waals surface area contributed by atoms with Crippen molar-refractivity contribution < 1.29 is 23.1 Å². The summed E-state index contributed by atoms with van der Waals surface area (Å²) in [5, 5.41) is 2.45. The standard InChI is InChI=1S/C19H18ClF2NO3/c1-3-11-6-5-7-12(4-2)18(11)23-17(24)10-26-19(25)13-8-15(21)16(22)9-14(13)20/h5-9H,3-4,10H2,1-2H3,(H,23,24). The zero-order chi connectivity index (χ0) is 19.3. The lowest BCUT2D eigenvalue weighted by Gasteiger charge is -2.14. The number of aryl methyl sites for hydroxylation is 2. The molecule has 4 nitrogen and oxygen atoms in total. The molecule has 7 heteroatoms. The number of anilines is 1. The summed E-state index contributed by atoms with van der Waals surface area (Å²) in [6.07, 6.45) is 1.46. The first-order valence-electron chi connectivity index (χ1n) is 8.09. The maximum Gasteiger partial charge on any atom is 0.340 e. The first-order valence-corrected chi connectivity index (χ1v) is 8.47. The van der Waals surface area contributed by atoms with Crippen molar-refractivity contribution in [3.63, 3.8) is 0 Å². The molecule has 0 atom stereocenters. The number of para-hydroxylation sites is 1. The SMILES string of the molecule is CCc1cccc(CC)c1NC(=O)COC(=O)c1cc(F)c(F)cc1Cl. The molecule has 0 aliphatic carbocycles. The van der Waals surface area contributed by atoms with E-state index in [4.69, 9.17) is 16.3 Å². The van der Waals surface area contributed by atoms with Crippen LogP contribution >= 0.6 is 11.6 Å². The summed E-state index contributed by atoms with van der Waals surface area (Å²) in [5.74, 6) is -3.95. The minimum absolute atomic E-state index is 0.293. The van der Waals surface area contributed by atoms with Crippen LogP contribution in [0.15, 0.2) is 30.3 Å². The van der Waals surface area contributed by atoms with Crippen molar-refractivity contribution in [1.29, 1.82) is 0 Å². The van der Waals surface area contributed by atoms with Crippen molar-refractivity contribution >= 4 is 29.2 Å². The number of carbonyl (C=O) groups excluding carboxylic acids is 2. The van der Waals surface area contributed by atoms with Crippen LogP contribution in [0.4, 0.5) is 14.5 Å². The van der Waals surface area contributed by atoms with E-state index in [-0.39, 0.29) is 10.6 Å². The molecule has 1 amide bonds. The van der Waals surface area contributed by atoms with Crippen LogP contribution in [0, 0.1) is 11.6 Å². The number of amides is 1. The zero-order valence-corrected chi connectivity index (χ0v) is 15.1. The van der Waals surface area contributed by atoms with Gasteiger partial charge < -0.3 is 10.1 Å². The van der Waals surface area contributed by atoms with Gasteiger partial charge in [0.25, 0.3) is 5.91 Å². The van der Waals surface area contributed by atoms with Crippen molar-refractivity contribution in [2.75, 3.05) is 11.9 Å². The van der Waals surface area contributed by atoms with Crippen molar-refractivity contribution in [3.8, 4) is 0 Å². The molecule has 0 aliphatic heterocycles. The Morgan fingerprint density at radius 2 is 1.65 bits per heavy atom. The maximum absolute atomic E-state index is 13.3. The molecule has 1 N–H and O–H groups in total. The van der Waals surface area contributed by atoms with Gasteiger partial charge in [-0.25, -0.2) is 13.6 Å². The average molecular weight is 382 g/mol. The molecule has 0 bridgehead atoms. The highest BCUT2D eigenvalue weighted by Crippen LogP contribution is 2.23. The fraction of sp³-hybridized carbons (Fsp3) is 0.263. The van der Waals surface area contributed by atoms with Gasteiger partial charge in [0.1, 0.15) is 0 Å². The van der Waals surface area contributed by atoms with Gasteiger partial charge in [0.2, 0.25) is 0 Å². The monoisotopic (exact) mass is 381 g/mol. The second-order valence-electron chi connectivity index (χ2n) is 5.53. The minimum atomic E-state index is -1.23. The Balaban J connectivity index is 2.06. The molecule has 138 valence electrons. The van der Waals surface area contributed by atoms with Crippen LogP contribution in [-0.4, -0.2) is 18.5 Å². The van der Waals surface area contributed by atoms with E-state index in [0.29, 0.717) is 17.8 Å². The molecule has 0 aromatic heterocycles. The molecule has 0 radical (unpaired) electrons. The highest BCUT2D eigenvalue weighted by molar-refractivity contribution is 6.33. The fourth-order valence-corrected chi connectivity index (χ4v) is 2.69. The van der Waals surface area contributed by atoms with E-state index >= 15 is 0 Å². The third kappa shape index (κ3) is 4.58. The second kappa shape index (κ2) is 8.76. The molecule has 0 unspecified atom stereocenters. The maximum atomic E-state index is 13.3. The number of esters is 1. The Labute approximate surface area is 155 Å². The zero-order valence-electron chi connectivity index (χ0n) is 14.4. The lowest BCUT2D eigenvalue weighted by molar-refractivity contribution is -0.119. The number of hydrogen-bond acceptors (Lipinski definition) is 3. The normalized spacial score (nSPS) is 10.5. The first-order chi connectivity index (χ1) is 12.4. The first kappa shape index (κ1) is 19.8. The molecule has 0 heterocycles. The smallest absolute Gasteiger partial charge is 0.340 e. The Bertz CT molecular complexity index is 818. The van der Waals surface area contributed by atoms with E-state index < -0.39 is 30.1 Å². The van der Waals surface area contributed by atoms with Crippen LogP contribution in [0.2, 0.25) is 5.02 Å². The van der Waals surface area contributed by atoms with Crippen molar-refractivity contribution in [2.45, 2.75) is 26.7 Å². The summed E-state index contributed by atoms with van der Waals surface area (Å²) < 4.78 is 31.2. The molecule has 2 rings (SSSR count). The van der Waals surface area contributed by atoms with Crippen LogP contribution < -0.4 is 5.32 Å². The average Bonchev–Trinajstić information content (AvgIpc) is 2.62. The molecule has 0 saturated carbocycles. The van der Waals surface area contributed by atoms with Gasteiger partial charge >= 0.3 is 5.97 Å². The highest BCUT2D eigenvalue weighted by atomic mass is 35.5. The fourth-order valence-electron chi connectivity index (χ4n) is 2.47. The van der Waals surface area contributed by atoms with Gasteiger partial charge in [-0.1, -0.05) is 43.6 Å². The molecule has 2 aromatic carbocycles. The summed E-state index contributed by atoms with van der Waals surface area (Å²) >= 11 is 5.71. The third-order valence-corrected chi connectivity index (χ3v) is 4.14. The van der Waals surface area contributed by atoms with Crippen molar-refractivity contribution in [3.05, 3.63) is 63.7 Å². The Kier molecular flexibility index (Phi) is 6.69. The predicted octanol–water partition coefficient (Wildman–Crippen LogP) is 4.54. The van der Waals surface area contributed by atoms with Crippen molar-refractivity contribution in [1.82, 2.24) is 0 Å². The van der Waals surface area contributed by atoms with Gasteiger partial charge in [0, 0.05) is 5.69 Å². The van der Waals surface area contributed by atoms with E-state index in [2.05, 4.69) is 5.32 Å². The summed E-state index contributed by atoms with van der Waals surface area (Å²) in [6, 6.07) is 7.04. The van der Waals surface area contributed by atoms with E-state index in [1.54, 1.807) is 0 Å². The van der Waals surface area contributed by atoms with Crippen LogP contribution in [-0.2, 0) is 22.4 Å². The Morgan fingerprint density at radius 3 is 2.23 bits per heavy atom. The summed E-state index contributed by atoms with van der Waals surface area (Å²) in [5.41, 5.74) is 2.28. The number of rotatable bonds is 6. The second-order valence-corrected chi connectivity index (χ2v) is 5.94. The van der Waals surface area contributed by atoms with Crippen molar-refractivity contribution in [2.24, 2.45) is 0 Å².